The van der Waals surface area contributed by atoms with Crippen molar-refractivity contribution in [2.24, 2.45) is 17.8 Å². The van der Waals surface area contributed by atoms with Gasteiger partial charge >= 0.3 is 23.7 Å². The van der Waals surface area contributed by atoms with Gasteiger partial charge in [0.2, 0.25) is 0 Å². The molecule has 0 saturated carbocycles. The van der Waals surface area contributed by atoms with E-state index in [1.54, 1.807) is 6.92 Å². The van der Waals surface area contributed by atoms with Crippen LogP contribution in [0.2, 0.25) is 0 Å². The summed E-state index contributed by atoms with van der Waals surface area (Å²) in [5.41, 5.74) is 0.426. The quantitative estimate of drug-likeness (QED) is 0.251. The van der Waals surface area contributed by atoms with E-state index >= 15 is 0 Å². The van der Waals surface area contributed by atoms with Gasteiger partial charge in [0, 0.05) is 38.2 Å². The molecule has 36 heavy (non-hydrogen) atoms. The minimum Gasteiger partial charge on any atom is -0.464 e. The number of carbonyl (C=O) groups excluding carboxylic acids is 5. The van der Waals surface area contributed by atoms with Crippen LogP contribution in [0.1, 0.15) is 57.8 Å². The van der Waals surface area contributed by atoms with E-state index in [9.17, 15) is 24.0 Å². The maximum Gasteiger partial charge on any atom is 0.379 e. The number of hydrogen-bond acceptors (Lipinski definition) is 10. The molecule has 1 saturated heterocycles. The first-order valence-corrected chi connectivity index (χ1v) is 11.7. The maximum atomic E-state index is 13.1. The van der Waals surface area contributed by atoms with Crippen LogP contribution in [0.3, 0.4) is 0 Å². The van der Waals surface area contributed by atoms with Crippen molar-refractivity contribution in [2.45, 2.75) is 65.5 Å². The van der Waals surface area contributed by atoms with Gasteiger partial charge in [0.25, 0.3) is 0 Å². The molecule has 198 valence electrons. The van der Waals surface area contributed by atoms with Crippen molar-refractivity contribution in [2.75, 3.05) is 13.7 Å². The van der Waals surface area contributed by atoms with Crippen molar-refractivity contribution in [3.05, 3.63) is 29.8 Å². The summed E-state index contributed by atoms with van der Waals surface area (Å²) in [5.74, 6) is -4.81. The lowest BCUT2D eigenvalue weighted by Gasteiger charge is -2.48. The summed E-state index contributed by atoms with van der Waals surface area (Å²) in [7, 11) is 1.21. The van der Waals surface area contributed by atoms with Gasteiger partial charge in [-0.25, -0.2) is 4.79 Å². The molecule has 0 amide bonds. The lowest BCUT2D eigenvalue weighted by Crippen LogP contribution is -2.60. The van der Waals surface area contributed by atoms with Crippen LogP contribution in [-0.2, 0) is 38.1 Å². The number of Topliss-reactive ketones (excluding diaryl/α,β-unsaturated/α-hetero) is 1. The molecule has 1 aliphatic heterocycles. The summed E-state index contributed by atoms with van der Waals surface area (Å²) in [5, 5.41) is 0. The molecule has 0 aromatic heterocycles. The van der Waals surface area contributed by atoms with Gasteiger partial charge in [0.05, 0.1) is 13.2 Å². The van der Waals surface area contributed by atoms with Crippen molar-refractivity contribution in [1.82, 2.24) is 0 Å². The van der Waals surface area contributed by atoms with E-state index in [0.717, 1.165) is 0 Å². The van der Waals surface area contributed by atoms with Crippen LogP contribution in [0.25, 0.3) is 0 Å². The van der Waals surface area contributed by atoms with Crippen molar-refractivity contribution >= 4 is 30.0 Å². The second-order valence-corrected chi connectivity index (χ2v) is 9.18. The molecular weight excluding hydrogens is 472 g/mol. The molecule has 10 nitrogen and oxygen atoms in total. The average Bonchev–Trinajstić information content (AvgIpc) is 2.82. The number of esters is 3. The maximum absolute atomic E-state index is 13.1. The van der Waals surface area contributed by atoms with E-state index in [-0.39, 0.29) is 42.8 Å². The Kier molecular flexibility index (Phi) is 10.2. The first kappa shape index (κ1) is 29.0. The van der Waals surface area contributed by atoms with E-state index in [1.165, 1.54) is 52.1 Å². The van der Waals surface area contributed by atoms with Gasteiger partial charge in [-0.05, 0) is 43.0 Å². The van der Waals surface area contributed by atoms with Gasteiger partial charge in [-0.15, -0.1) is 0 Å². The fourth-order valence-electron chi connectivity index (χ4n) is 4.52. The Labute approximate surface area is 210 Å². The van der Waals surface area contributed by atoms with E-state index in [0.29, 0.717) is 11.8 Å². The molecule has 10 heteroatoms. The zero-order valence-corrected chi connectivity index (χ0v) is 21.5. The Morgan fingerprint density at radius 1 is 1.11 bits per heavy atom. The number of ketones is 1. The number of methoxy groups -OCH3 is 1. The first-order valence-electron chi connectivity index (χ1n) is 11.7. The molecule has 1 unspecified atom stereocenters. The second-order valence-electron chi connectivity index (χ2n) is 9.18. The van der Waals surface area contributed by atoms with E-state index in [4.69, 9.17) is 23.7 Å². The average molecular weight is 507 g/mol. The summed E-state index contributed by atoms with van der Waals surface area (Å²) in [6, 6.07) is 6.14. The predicted octanol–water partition coefficient (Wildman–Crippen LogP) is 2.90. The smallest absolute Gasteiger partial charge is 0.379 e. The molecule has 6 atom stereocenters. The Balaban J connectivity index is 2.50. The highest BCUT2D eigenvalue weighted by atomic mass is 16.7. The normalized spacial score (nSPS) is 25.1. The number of benzene rings is 1. The number of hydrogen-bond donors (Lipinski definition) is 0. The van der Waals surface area contributed by atoms with Gasteiger partial charge in [0.15, 0.2) is 0 Å². The van der Waals surface area contributed by atoms with E-state index < -0.39 is 41.8 Å². The van der Waals surface area contributed by atoms with Crippen molar-refractivity contribution in [1.29, 1.82) is 0 Å². The van der Waals surface area contributed by atoms with Gasteiger partial charge < -0.3 is 28.5 Å². The Morgan fingerprint density at radius 2 is 1.75 bits per heavy atom. The molecule has 0 spiro atoms. The van der Waals surface area contributed by atoms with Gasteiger partial charge in [0.1, 0.15) is 30.5 Å². The fraction of sp³-hybridized carbons (Fsp3) is 0.577. The lowest BCUT2D eigenvalue weighted by molar-refractivity contribution is -0.279. The summed E-state index contributed by atoms with van der Waals surface area (Å²) in [6.07, 6.45) is -0.800. The van der Waals surface area contributed by atoms with Crippen LogP contribution in [0.4, 0.5) is 0 Å². The zero-order valence-electron chi connectivity index (χ0n) is 21.5. The molecular formula is C26H34O10. The lowest BCUT2D eigenvalue weighted by atomic mass is 9.73. The standard InChI is InChI=1S/C26H34O10/c1-15-12-26(25(31)32-6,35-21-9-7-20(13-27)8-10-21)36-24(22(15)11-16(2)28)17(3)23(34-19(5)30)14-33-18(4)29/h7-10,13,15,17,22-24H,11-12,14H2,1-6H3/t15-,17+,22+,23+,24?,26+/m0/s1. The van der Waals surface area contributed by atoms with Crippen LogP contribution in [-0.4, -0.2) is 61.7 Å². The molecule has 0 aliphatic carbocycles. The van der Waals surface area contributed by atoms with Crippen LogP contribution in [0, 0.1) is 17.8 Å². The summed E-state index contributed by atoms with van der Waals surface area (Å²) < 4.78 is 28.0. The van der Waals surface area contributed by atoms with Crippen LogP contribution in [0.5, 0.6) is 5.75 Å². The van der Waals surface area contributed by atoms with Gasteiger partial charge in [-0.1, -0.05) is 13.8 Å². The fourth-order valence-corrected chi connectivity index (χ4v) is 4.52. The third-order valence-corrected chi connectivity index (χ3v) is 6.26. The molecule has 1 fully saturated rings. The van der Waals surface area contributed by atoms with Crippen molar-refractivity contribution < 1.29 is 47.7 Å². The van der Waals surface area contributed by atoms with Crippen molar-refractivity contribution in [3.63, 3.8) is 0 Å². The largest absolute Gasteiger partial charge is 0.464 e. The molecule has 0 N–H and O–H groups in total. The van der Waals surface area contributed by atoms with Crippen LogP contribution in [0.15, 0.2) is 24.3 Å². The molecule has 1 heterocycles. The summed E-state index contributed by atoms with van der Waals surface area (Å²) in [4.78, 5) is 59.4. The highest BCUT2D eigenvalue weighted by molar-refractivity contribution is 5.79. The Hall–Kier alpha value is -3.27. The number of rotatable bonds is 11. The number of aldehydes is 1. The topological polar surface area (TPSA) is 132 Å². The molecule has 0 bridgehead atoms. The summed E-state index contributed by atoms with van der Waals surface area (Å²) in [6.45, 7) is 7.31. The third kappa shape index (κ3) is 7.36. The molecule has 1 aromatic rings. The van der Waals surface area contributed by atoms with E-state index in [2.05, 4.69) is 0 Å². The Morgan fingerprint density at radius 3 is 2.25 bits per heavy atom. The number of carbonyl (C=O) groups is 5. The molecule has 1 aromatic carbocycles. The molecule has 2 rings (SSSR count). The highest BCUT2D eigenvalue weighted by Crippen LogP contribution is 2.44. The SMILES string of the molecule is COC(=O)[C@@]1(Oc2ccc(C=O)cc2)C[C@H](C)[C@@H](CC(C)=O)C([C@H](C)[C@@H](COC(C)=O)OC(C)=O)O1. The van der Waals surface area contributed by atoms with Crippen LogP contribution < -0.4 is 4.74 Å². The highest BCUT2D eigenvalue weighted by Gasteiger charge is 2.55. The minimum atomic E-state index is -1.87. The summed E-state index contributed by atoms with van der Waals surface area (Å²) >= 11 is 0. The van der Waals surface area contributed by atoms with Crippen LogP contribution >= 0.6 is 0 Å². The monoisotopic (exact) mass is 506 g/mol. The van der Waals surface area contributed by atoms with E-state index in [1.807, 2.05) is 6.92 Å². The molecule has 0 radical (unpaired) electrons. The Bertz CT molecular complexity index is 956. The molecule has 1 aliphatic rings. The van der Waals surface area contributed by atoms with Gasteiger partial charge in [-0.2, -0.15) is 0 Å². The predicted molar refractivity (Wildman–Crippen MR) is 126 cm³/mol. The second kappa shape index (κ2) is 12.6. The third-order valence-electron chi connectivity index (χ3n) is 6.26. The zero-order chi connectivity index (χ0) is 27.0. The minimum absolute atomic E-state index is 0.0763. The number of ether oxygens (including phenoxy) is 5. The van der Waals surface area contributed by atoms with Gasteiger partial charge in [-0.3, -0.25) is 14.4 Å². The first-order chi connectivity index (χ1) is 16.9. The van der Waals surface area contributed by atoms with Crippen molar-refractivity contribution in [3.8, 4) is 5.75 Å².